The quantitative estimate of drug-likeness (QED) is 0.649. The van der Waals surface area contributed by atoms with Crippen molar-refractivity contribution in [2.45, 2.75) is 13.0 Å². The van der Waals surface area contributed by atoms with Crippen LogP contribution in [0.15, 0.2) is 35.3 Å². The predicted octanol–water partition coefficient (Wildman–Crippen LogP) is 2.86. The number of nitrogens with two attached hydrogens (primary N) is 1. The highest BCUT2D eigenvalue weighted by molar-refractivity contribution is 9.10. The van der Waals surface area contributed by atoms with Gasteiger partial charge in [-0.15, -0.1) is 6.58 Å². The van der Waals surface area contributed by atoms with Crippen LogP contribution in [0.4, 0.5) is 0 Å². The van der Waals surface area contributed by atoms with E-state index in [1.807, 2.05) is 24.3 Å². The summed E-state index contributed by atoms with van der Waals surface area (Å²) < 4.78 is 6.47. The number of hydrogen-bond acceptors (Lipinski definition) is 2. The minimum absolute atomic E-state index is 0.547. The van der Waals surface area contributed by atoms with Gasteiger partial charge in [-0.3, -0.25) is 0 Å². The van der Waals surface area contributed by atoms with E-state index in [2.05, 4.69) is 22.5 Å². The fourth-order valence-electron chi connectivity index (χ4n) is 1.04. The van der Waals surface area contributed by atoms with Gasteiger partial charge in [-0.05, 0) is 40.0 Å². The molecular formula is C11H14BrNO. The molecule has 0 heterocycles. The zero-order valence-corrected chi connectivity index (χ0v) is 9.59. The Bertz CT molecular complexity index is 312. The van der Waals surface area contributed by atoms with Crippen LogP contribution >= 0.6 is 15.9 Å². The van der Waals surface area contributed by atoms with E-state index in [1.54, 1.807) is 0 Å². The molecule has 3 heteroatoms. The van der Waals surface area contributed by atoms with E-state index in [-0.39, 0.29) is 0 Å². The van der Waals surface area contributed by atoms with E-state index in [4.69, 9.17) is 10.5 Å². The van der Waals surface area contributed by atoms with Crippen LogP contribution < -0.4 is 10.5 Å². The molecule has 0 saturated heterocycles. The summed E-state index contributed by atoms with van der Waals surface area (Å²) in [5, 5.41) is 0. The van der Waals surface area contributed by atoms with E-state index in [0.29, 0.717) is 13.2 Å². The molecule has 76 valence electrons. The molecule has 1 rings (SSSR count). The third-order valence-corrected chi connectivity index (χ3v) is 2.43. The number of hydrogen-bond donors (Lipinski definition) is 1. The van der Waals surface area contributed by atoms with E-state index in [0.717, 1.165) is 22.2 Å². The molecule has 0 saturated carbocycles. The average Bonchev–Trinajstić information content (AvgIpc) is 2.20. The van der Waals surface area contributed by atoms with Gasteiger partial charge in [0.2, 0.25) is 0 Å². The van der Waals surface area contributed by atoms with Crippen molar-refractivity contribution in [2.24, 2.45) is 5.73 Å². The van der Waals surface area contributed by atoms with E-state index in [9.17, 15) is 0 Å². The lowest BCUT2D eigenvalue weighted by Crippen LogP contribution is -1.99. The van der Waals surface area contributed by atoms with Gasteiger partial charge in [0.25, 0.3) is 0 Å². The van der Waals surface area contributed by atoms with Gasteiger partial charge < -0.3 is 10.5 Å². The van der Waals surface area contributed by atoms with Crippen LogP contribution in [-0.4, -0.2) is 6.61 Å². The van der Waals surface area contributed by atoms with Crippen molar-refractivity contribution in [3.63, 3.8) is 0 Å². The van der Waals surface area contributed by atoms with Crippen molar-refractivity contribution in [2.75, 3.05) is 6.61 Å². The molecule has 0 atom stereocenters. The molecule has 14 heavy (non-hydrogen) atoms. The van der Waals surface area contributed by atoms with E-state index >= 15 is 0 Å². The van der Waals surface area contributed by atoms with Gasteiger partial charge in [0, 0.05) is 6.54 Å². The van der Waals surface area contributed by atoms with Crippen LogP contribution in [0.2, 0.25) is 0 Å². The molecule has 0 bridgehead atoms. The van der Waals surface area contributed by atoms with Crippen molar-refractivity contribution in [1.82, 2.24) is 0 Å². The molecule has 0 spiro atoms. The SMILES string of the molecule is C=CCCOc1ccc(CN)cc1Br. The largest absolute Gasteiger partial charge is 0.492 e. The Hall–Kier alpha value is -0.800. The highest BCUT2D eigenvalue weighted by atomic mass is 79.9. The summed E-state index contributed by atoms with van der Waals surface area (Å²) in [5.41, 5.74) is 6.61. The van der Waals surface area contributed by atoms with Crippen LogP contribution in [-0.2, 0) is 6.54 Å². The fraction of sp³-hybridized carbons (Fsp3) is 0.273. The first-order valence-corrected chi connectivity index (χ1v) is 5.29. The standard InChI is InChI=1S/C11H14BrNO/c1-2-3-6-14-11-5-4-9(8-13)7-10(11)12/h2,4-5,7H,1,3,6,8,13H2. The van der Waals surface area contributed by atoms with Gasteiger partial charge in [-0.2, -0.15) is 0 Å². The van der Waals surface area contributed by atoms with Crippen molar-refractivity contribution >= 4 is 15.9 Å². The number of ether oxygens (including phenoxy) is 1. The van der Waals surface area contributed by atoms with Crippen LogP contribution in [0.1, 0.15) is 12.0 Å². The Morgan fingerprint density at radius 3 is 2.86 bits per heavy atom. The molecule has 2 nitrogen and oxygen atoms in total. The maximum Gasteiger partial charge on any atom is 0.133 e. The molecule has 2 N–H and O–H groups in total. The summed E-state index contributed by atoms with van der Waals surface area (Å²) >= 11 is 3.43. The normalized spacial score (nSPS) is 9.86. The topological polar surface area (TPSA) is 35.2 Å². The number of rotatable bonds is 5. The second-order valence-corrected chi connectivity index (χ2v) is 3.75. The summed E-state index contributed by atoms with van der Waals surface area (Å²) in [6.07, 6.45) is 2.69. The summed E-state index contributed by atoms with van der Waals surface area (Å²) in [5.74, 6) is 0.851. The first-order chi connectivity index (χ1) is 6.77. The Morgan fingerprint density at radius 2 is 2.29 bits per heavy atom. The second kappa shape index (κ2) is 5.83. The number of halogens is 1. The van der Waals surface area contributed by atoms with Crippen LogP contribution in [0.3, 0.4) is 0 Å². The van der Waals surface area contributed by atoms with Crippen LogP contribution in [0.25, 0.3) is 0 Å². The third-order valence-electron chi connectivity index (χ3n) is 1.81. The zero-order chi connectivity index (χ0) is 10.4. The van der Waals surface area contributed by atoms with Crippen LogP contribution in [0, 0.1) is 0 Å². The highest BCUT2D eigenvalue weighted by Gasteiger charge is 2.00. The molecule has 0 aliphatic rings. The van der Waals surface area contributed by atoms with Gasteiger partial charge in [0.1, 0.15) is 5.75 Å². The molecule has 0 aliphatic carbocycles. The minimum atomic E-state index is 0.547. The molecule has 0 amide bonds. The van der Waals surface area contributed by atoms with E-state index < -0.39 is 0 Å². The fourth-order valence-corrected chi connectivity index (χ4v) is 1.58. The molecular weight excluding hydrogens is 242 g/mol. The maximum absolute atomic E-state index is 5.52. The average molecular weight is 256 g/mol. The minimum Gasteiger partial charge on any atom is -0.492 e. The van der Waals surface area contributed by atoms with Gasteiger partial charge in [-0.1, -0.05) is 12.1 Å². The smallest absolute Gasteiger partial charge is 0.133 e. The first-order valence-electron chi connectivity index (χ1n) is 4.50. The summed E-state index contributed by atoms with van der Waals surface area (Å²) in [7, 11) is 0. The van der Waals surface area contributed by atoms with Gasteiger partial charge in [0.05, 0.1) is 11.1 Å². The zero-order valence-electron chi connectivity index (χ0n) is 8.00. The lowest BCUT2D eigenvalue weighted by molar-refractivity contribution is 0.323. The monoisotopic (exact) mass is 255 g/mol. The lowest BCUT2D eigenvalue weighted by atomic mass is 10.2. The van der Waals surface area contributed by atoms with Crippen molar-refractivity contribution < 1.29 is 4.74 Å². The van der Waals surface area contributed by atoms with Crippen molar-refractivity contribution in [3.8, 4) is 5.75 Å². The highest BCUT2D eigenvalue weighted by Crippen LogP contribution is 2.25. The lowest BCUT2D eigenvalue weighted by Gasteiger charge is -2.07. The van der Waals surface area contributed by atoms with Gasteiger partial charge in [-0.25, -0.2) is 0 Å². The molecule has 0 fully saturated rings. The Labute approximate surface area is 92.9 Å². The predicted molar refractivity (Wildman–Crippen MR) is 62.3 cm³/mol. The molecule has 1 aromatic carbocycles. The van der Waals surface area contributed by atoms with Crippen molar-refractivity contribution in [1.29, 1.82) is 0 Å². The molecule has 1 aromatic rings. The van der Waals surface area contributed by atoms with Gasteiger partial charge >= 0.3 is 0 Å². The number of benzene rings is 1. The second-order valence-electron chi connectivity index (χ2n) is 2.89. The van der Waals surface area contributed by atoms with E-state index in [1.165, 1.54) is 0 Å². The summed E-state index contributed by atoms with van der Waals surface area (Å²) in [6, 6.07) is 5.87. The Balaban J connectivity index is 2.63. The first kappa shape index (κ1) is 11.3. The third kappa shape index (κ3) is 3.16. The maximum atomic E-state index is 5.52. The van der Waals surface area contributed by atoms with Crippen LogP contribution in [0.5, 0.6) is 5.75 Å². The summed E-state index contributed by atoms with van der Waals surface area (Å²) in [6.45, 7) is 4.84. The van der Waals surface area contributed by atoms with Crippen molar-refractivity contribution in [3.05, 3.63) is 40.9 Å². The summed E-state index contributed by atoms with van der Waals surface area (Å²) in [4.78, 5) is 0. The molecule has 0 unspecified atom stereocenters. The Kier molecular flexibility index (Phi) is 4.70. The molecule has 0 aliphatic heterocycles. The molecule has 0 aromatic heterocycles. The molecule has 0 radical (unpaired) electrons. The Morgan fingerprint density at radius 1 is 1.50 bits per heavy atom. The van der Waals surface area contributed by atoms with Gasteiger partial charge in [0.15, 0.2) is 0 Å².